The molecule has 1 aliphatic rings. The lowest BCUT2D eigenvalue weighted by Crippen LogP contribution is -2.45. The van der Waals surface area contributed by atoms with Crippen LogP contribution in [0.4, 0.5) is 10.5 Å². The summed E-state index contributed by atoms with van der Waals surface area (Å²) in [4.78, 5) is 38.6. The van der Waals surface area contributed by atoms with Crippen molar-refractivity contribution < 1.29 is 14.4 Å². The molecule has 148 valence electrons. The van der Waals surface area contributed by atoms with Crippen molar-refractivity contribution in [2.24, 2.45) is 7.05 Å². The quantitative estimate of drug-likeness (QED) is 0.745. The molecule has 0 saturated carbocycles. The first-order valence-electron chi connectivity index (χ1n) is 9.19. The smallest absolute Gasteiger partial charge is 0.323 e. The Balaban J connectivity index is 1.65. The van der Waals surface area contributed by atoms with Crippen molar-refractivity contribution in [1.82, 2.24) is 20.0 Å². The monoisotopic (exact) mass is 383 g/mol. The molecule has 1 atom stereocenters. The van der Waals surface area contributed by atoms with E-state index in [0.717, 1.165) is 16.2 Å². The number of anilines is 1. The van der Waals surface area contributed by atoms with E-state index in [1.807, 2.05) is 37.3 Å². The Kier molecular flexibility index (Phi) is 5.22. The summed E-state index contributed by atoms with van der Waals surface area (Å²) >= 11 is 0. The predicted molar refractivity (Wildman–Crippen MR) is 105 cm³/mol. The maximum absolute atomic E-state index is 12.8. The van der Waals surface area contributed by atoms with Crippen molar-refractivity contribution in [1.29, 1.82) is 0 Å². The molecule has 2 N–H and O–H groups in total. The fourth-order valence-corrected chi connectivity index (χ4v) is 3.38. The maximum Gasteiger partial charge on any atom is 0.325 e. The van der Waals surface area contributed by atoms with Crippen molar-refractivity contribution in [3.05, 3.63) is 47.3 Å². The highest BCUT2D eigenvalue weighted by molar-refractivity contribution is 6.10. The number of aromatic nitrogens is 2. The van der Waals surface area contributed by atoms with Crippen molar-refractivity contribution in [3.8, 4) is 0 Å². The lowest BCUT2D eigenvalue weighted by atomic mass is 9.93. The number of nitrogens with one attached hydrogen (secondary N) is 2. The number of hydrogen-bond donors (Lipinski definition) is 2. The second-order valence-electron chi connectivity index (χ2n) is 7.36. The van der Waals surface area contributed by atoms with Gasteiger partial charge in [-0.25, -0.2) is 4.79 Å². The highest BCUT2D eigenvalue weighted by Gasteiger charge is 2.47. The van der Waals surface area contributed by atoms with E-state index >= 15 is 0 Å². The van der Waals surface area contributed by atoms with Gasteiger partial charge in [0.15, 0.2) is 0 Å². The summed E-state index contributed by atoms with van der Waals surface area (Å²) in [5.74, 6) is -0.821. The van der Waals surface area contributed by atoms with E-state index in [1.54, 1.807) is 25.6 Å². The molecule has 1 aromatic carbocycles. The van der Waals surface area contributed by atoms with Crippen LogP contribution < -0.4 is 10.6 Å². The van der Waals surface area contributed by atoms with Gasteiger partial charge in [-0.1, -0.05) is 30.3 Å². The van der Waals surface area contributed by atoms with Crippen LogP contribution in [0.2, 0.25) is 0 Å². The molecule has 28 heavy (non-hydrogen) atoms. The predicted octanol–water partition coefficient (Wildman–Crippen LogP) is 1.92. The van der Waals surface area contributed by atoms with Crippen LogP contribution in [0.25, 0.3) is 0 Å². The van der Waals surface area contributed by atoms with Crippen LogP contribution in [-0.4, -0.2) is 44.6 Å². The Bertz CT molecular complexity index is 921. The van der Waals surface area contributed by atoms with Gasteiger partial charge in [-0.2, -0.15) is 5.10 Å². The topological polar surface area (TPSA) is 96.3 Å². The molecule has 0 bridgehead atoms. The van der Waals surface area contributed by atoms with Crippen molar-refractivity contribution in [3.63, 3.8) is 0 Å². The molecule has 1 aliphatic heterocycles. The summed E-state index contributed by atoms with van der Waals surface area (Å²) in [7, 11) is 1.79. The molecule has 1 aromatic heterocycles. The Morgan fingerprint density at radius 1 is 1.21 bits per heavy atom. The van der Waals surface area contributed by atoms with E-state index in [-0.39, 0.29) is 12.5 Å². The molecule has 0 aliphatic carbocycles. The normalized spacial score (nSPS) is 19.1. The Hall–Kier alpha value is -3.16. The van der Waals surface area contributed by atoms with Crippen molar-refractivity contribution in [2.45, 2.75) is 39.2 Å². The number of benzene rings is 1. The third kappa shape index (κ3) is 3.76. The zero-order chi connectivity index (χ0) is 20.5. The van der Waals surface area contributed by atoms with Gasteiger partial charge in [-0.05, 0) is 39.2 Å². The van der Waals surface area contributed by atoms with Crippen LogP contribution in [0.3, 0.4) is 0 Å². The van der Waals surface area contributed by atoms with Crippen molar-refractivity contribution in [2.75, 3.05) is 11.9 Å². The van der Waals surface area contributed by atoms with Crippen LogP contribution in [0, 0.1) is 13.8 Å². The van der Waals surface area contributed by atoms with Gasteiger partial charge in [0.2, 0.25) is 5.91 Å². The molecule has 2 heterocycles. The average molecular weight is 383 g/mol. The minimum atomic E-state index is -1.02. The zero-order valence-corrected chi connectivity index (χ0v) is 16.6. The molecular weight excluding hydrogens is 358 g/mol. The van der Waals surface area contributed by atoms with E-state index in [4.69, 9.17) is 0 Å². The van der Waals surface area contributed by atoms with E-state index in [9.17, 15) is 14.4 Å². The van der Waals surface area contributed by atoms with E-state index in [1.165, 1.54) is 0 Å². The molecule has 4 amide bonds. The van der Waals surface area contributed by atoms with Gasteiger partial charge in [0.05, 0.1) is 17.1 Å². The lowest BCUT2D eigenvalue weighted by molar-refractivity contribution is -0.133. The van der Waals surface area contributed by atoms with Crippen LogP contribution in [0.1, 0.15) is 30.3 Å². The molecule has 2 aromatic rings. The highest BCUT2D eigenvalue weighted by Crippen LogP contribution is 2.24. The number of amides is 4. The molecule has 0 spiro atoms. The average Bonchev–Trinajstić information content (AvgIpc) is 3.02. The Labute approximate surface area is 163 Å². The molecule has 1 fully saturated rings. The van der Waals surface area contributed by atoms with Gasteiger partial charge < -0.3 is 10.6 Å². The number of nitrogens with zero attached hydrogens (tertiary/aromatic N) is 3. The first-order valence-corrected chi connectivity index (χ1v) is 9.19. The SMILES string of the molecule is Cc1nn(C)c(C)c1NC(=O)CN1C(=O)N[C@](C)(CCc2ccccc2)C1=O. The van der Waals surface area contributed by atoms with Gasteiger partial charge in [0.25, 0.3) is 5.91 Å². The largest absolute Gasteiger partial charge is 0.325 e. The molecule has 0 radical (unpaired) electrons. The second kappa shape index (κ2) is 7.46. The summed E-state index contributed by atoms with van der Waals surface area (Å²) in [5, 5.41) is 9.74. The molecule has 0 unspecified atom stereocenters. The minimum absolute atomic E-state index is 0.334. The molecule has 8 heteroatoms. The Morgan fingerprint density at radius 2 is 1.89 bits per heavy atom. The van der Waals surface area contributed by atoms with Gasteiger partial charge in [0, 0.05) is 7.05 Å². The van der Waals surface area contributed by atoms with Gasteiger partial charge in [-0.15, -0.1) is 0 Å². The van der Waals surface area contributed by atoms with Crippen LogP contribution >= 0.6 is 0 Å². The number of rotatable bonds is 6. The Morgan fingerprint density at radius 3 is 2.50 bits per heavy atom. The summed E-state index contributed by atoms with van der Waals surface area (Å²) in [5.41, 5.74) is 2.15. The van der Waals surface area contributed by atoms with Gasteiger partial charge >= 0.3 is 6.03 Å². The molecule has 1 saturated heterocycles. The minimum Gasteiger partial charge on any atom is -0.323 e. The first kappa shape index (κ1) is 19.6. The number of carbonyl (C=O) groups is 3. The fourth-order valence-electron chi connectivity index (χ4n) is 3.38. The first-order chi connectivity index (χ1) is 13.2. The highest BCUT2D eigenvalue weighted by atomic mass is 16.2. The fraction of sp³-hybridized carbons (Fsp3) is 0.400. The standard InChI is InChI=1S/C20H25N5O3/c1-13-17(14(2)24(4)23-13)21-16(26)12-25-18(27)20(3,22-19(25)28)11-10-15-8-6-5-7-9-15/h5-9H,10-12H2,1-4H3,(H,21,26)(H,22,28)/t20-/m1/s1. The number of aryl methyl sites for hydroxylation is 3. The van der Waals surface area contributed by atoms with Crippen LogP contribution in [0.5, 0.6) is 0 Å². The zero-order valence-electron chi connectivity index (χ0n) is 16.6. The van der Waals surface area contributed by atoms with E-state index in [0.29, 0.717) is 24.2 Å². The summed E-state index contributed by atoms with van der Waals surface area (Å²) in [6.45, 7) is 4.99. The summed E-state index contributed by atoms with van der Waals surface area (Å²) in [6, 6.07) is 9.22. The van der Waals surface area contributed by atoms with Crippen molar-refractivity contribution >= 4 is 23.5 Å². The number of urea groups is 1. The molecule has 8 nitrogen and oxygen atoms in total. The lowest BCUT2D eigenvalue weighted by Gasteiger charge is -2.21. The van der Waals surface area contributed by atoms with Gasteiger partial charge in [-0.3, -0.25) is 19.2 Å². The third-order valence-electron chi connectivity index (χ3n) is 5.18. The number of hydrogen-bond acceptors (Lipinski definition) is 4. The number of imide groups is 1. The second-order valence-corrected chi connectivity index (χ2v) is 7.36. The van der Waals surface area contributed by atoms with Crippen LogP contribution in [-0.2, 0) is 23.1 Å². The maximum atomic E-state index is 12.8. The van der Waals surface area contributed by atoms with Gasteiger partial charge in [0.1, 0.15) is 12.1 Å². The summed E-state index contributed by atoms with van der Waals surface area (Å²) in [6.07, 6.45) is 1.11. The van der Waals surface area contributed by atoms with E-state index < -0.39 is 17.5 Å². The van der Waals surface area contributed by atoms with Crippen LogP contribution in [0.15, 0.2) is 30.3 Å². The molecule has 3 rings (SSSR count). The number of carbonyl (C=O) groups excluding carboxylic acids is 3. The third-order valence-corrected chi connectivity index (χ3v) is 5.18. The molecular formula is C20H25N5O3. The summed E-state index contributed by atoms with van der Waals surface area (Å²) < 4.78 is 1.67. The van der Waals surface area contributed by atoms with E-state index in [2.05, 4.69) is 15.7 Å².